The average molecular weight is 487 g/mol. The SMILES string of the molecule is CC(C)CCC[C@@H](C)C1C=C2CC(OC(=O)NCCN=C(N)N)CCC2C2CCC3CCCC3C21. The Bertz CT molecular complexity index is 775. The van der Waals surface area contributed by atoms with Crippen LogP contribution in [-0.2, 0) is 4.74 Å². The van der Waals surface area contributed by atoms with Crippen LogP contribution in [0.4, 0.5) is 4.79 Å². The summed E-state index contributed by atoms with van der Waals surface area (Å²) >= 11 is 0. The molecule has 0 spiro atoms. The number of fused-ring (bicyclic) bond motifs is 5. The number of alkyl carbamates (subject to hydrolysis) is 1. The van der Waals surface area contributed by atoms with E-state index >= 15 is 0 Å². The maximum absolute atomic E-state index is 12.4. The average Bonchev–Trinajstić information content (AvgIpc) is 3.29. The van der Waals surface area contributed by atoms with Gasteiger partial charge in [0.25, 0.3) is 0 Å². The molecule has 0 aromatic heterocycles. The van der Waals surface area contributed by atoms with E-state index in [9.17, 15) is 4.79 Å². The third-order valence-corrected chi connectivity index (χ3v) is 9.73. The second-order valence-corrected chi connectivity index (χ2v) is 12.4. The highest BCUT2D eigenvalue weighted by atomic mass is 16.6. The Labute approximate surface area is 213 Å². The van der Waals surface area contributed by atoms with Crippen molar-refractivity contribution in [2.45, 2.75) is 97.5 Å². The predicted molar refractivity (Wildman–Crippen MR) is 143 cm³/mol. The first-order valence-corrected chi connectivity index (χ1v) is 14.5. The number of rotatable bonds is 9. The van der Waals surface area contributed by atoms with Crippen molar-refractivity contribution in [3.05, 3.63) is 11.6 Å². The van der Waals surface area contributed by atoms with Crippen LogP contribution in [0, 0.1) is 47.3 Å². The fourth-order valence-corrected chi connectivity index (χ4v) is 8.21. The molecule has 0 heterocycles. The minimum Gasteiger partial charge on any atom is -0.446 e. The molecule has 0 aromatic rings. The number of amides is 1. The lowest BCUT2D eigenvalue weighted by Crippen LogP contribution is -2.47. The Balaban J connectivity index is 1.43. The zero-order valence-electron chi connectivity index (χ0n) is 22.4. The molecule has 6 nitrogen and oxygen atoms in total. The van der Waals surface area contributed by atoms with Crippen LogP contribution in [0.2, 0.25) is 0 Å². The second-order valence-electron chi connectivity index (χ2n) is 12.4. The minimum absolute atomic E-state index is 0.0168. The summed E-state index contributed by atoms with van der Waals surface area (Å²) < 4.78 is 5.84. The number of guanidine groups is 1. The summed E-state index contributed by atoms with van der Waals surface area (Å²) in [5, 5.41) is 2.79. The molecule has 0 aliphatic heterocycles. The Morgan fingerprint density at radius 3 is 2.69 bits per heavy atom. The fourth-order valence-electron chi connectivity index (χ4n) is 8.21. The molecule has 3 fully saturated rings. The molecule has 4 aliphatic carbocycles. The molecule has 4 aliphatic rings. The lowest BCUT2D eigenvalue weighted by Gasteiger charge is -2.53. The van der Waals surface area contributed by atoms with Gasteiger partial charge in [0.1, 0.15) is 6.10 Å². The first-order chi connectivity index (χ1) is 16.8. The molecule has 198 valence electrons. The molecular formula is C29H50N4O2. The number of aliphatic imine (C=N–C) groups is 1. The third kappa shape index (κ3) is 6.54. The van der Waals surface area contributed by atoms with E-state index in [2.05, 4.69) is 37.2 Å². The first kappa shape index (κ1) is 26.3. The number of nitrogens with two attached hydrogens (primary N) is 2. The number of nitrogens with zero attached hydrogens (tertiary/aromatic N) is 1. The summed E-state index contributed by atoms with van der Waals surface area (Å²) in [4.78, 5) is 16.3. The van der Waals surface area contributed by atoms with E-state index in [0.717, 1.165) is 48.3 Å². The largest absolute Gasteiger partial charge is 0.446 e. The van der Waals surface area contributed by atoms with E-state index in [1.807, 2.05) is 0 Å². The summed E-state index contributed by atoms with van der Waals surface area (Å²) in [7, 11) is 0. The molecule has 0 bridgehead atoms. The van der Waals surface area contributed by atoms with E-state index in [0.29, 0.717) is 24.9 Å². The second kappa shape index (κ2) is 12.0. The summed E-state index contributed by atoms with van der Waals surface area (Å²) in [6.45, 7) is 7.97. The van der Waals surface area contributed by atoms with Crippen LogP contribution in [0.15, 0.2) is 16.6 Å². The van der Waals surface area contributed by atoms with Gasteiger partial charge in [-0.25, -0.2) is 4.79 Å². The number of allylic oxidation sites excluding steroid dienone is 1. The smallest absolute Gasteiger partial charge is 0.407 e. The zero-order chi connectivity index (χ0) is 24.9. The molecule has 4 rings (SSSR count). The Hall–Kier alpha value is -1.72. The molecule has 3 saturated carbocycles. The van der Waals surface area contributed by atoms with Gasteiger partial charge in [-0.05, 0) is 79.4 Å². The maximum Gasteiger partial charge on any atom is 0.407 e. The summed E-state index contributed by atoms with van der Waals surface area (Å²) in [6.07, 6.45) is 16.7. The van der Waals surface area contributed by atoms with Gasteiger partial charge in [-0.2, -0.15) is 0 Å². The van der Waals surface area contributed by atoms with Crippen LogP contribution in [0.25, 0.3) is 0 Å². The highest BCUT2D eigenvalue weighted by Gasteiger charge is 2.51. The van der Waals surface area contributed by atoms with Gasteiger partial charge >= 0.3 is 6.09 Å². The quantitative estimate of drug-likeness (QED) is 0.170. The van der Waals surface area contributed by atoms with Crippen molar-refractivity contribution < 1.29 is 9.53 Å². The zero-order valence-corrected chi connectivity index (χ0v) is 22.4. The molecule has 0 aromatic carbocycles. The minimum atomic E-state index is -0.349. The molecule has 1 amide bonds. The van der Waals surface area contributed by atoms with Gasteiger partial charge in [-0.15, -0.1) is 0 Å². The highest BCUT2D eigenvalue weighted by molar-refractivity contribution is 5.75. The number of ether oxygens (including phenoxy) is 1. The van der Waals surface area contributed by atoms with E-state index in [1.54, 1.807) is 5.57 Å². The van der Waals surface area contributed by atoms with Crippen molar-refractivity contribution in [3.8, 4) is 0 Å². The Morgan fingerprint density at radius 2 is 1.91 bits per heavy atom. The highest BCUT2D eigenvalue weighted by Crippen LogP contribution is 2.59. The predicted octanol–water partition coefficient (Wildman–Crippen LogP) is 5.62. The summed E-state index contributed by atoms with van der Waals surface area (Å²) in [5.74, 6) is 6.67. The number of hydrogen-bond acceptors (Lipinski definition) is 3. The van der Waals surface area contributed by atoms with E-state index < -0.39 is 0 Å². The van der Waals surface area contributed by atoms with Crippen LogP contribution in [0.1, 0.15) is 91.4 Å². The van der Waals surface area contributed by atoms with Crippen molar-refractivity contribution >= 4 is 12.1 Å². The lowest BCUT2D eigenvalue weighted by atomic mass is 9.52. The third-order valence-electron chi connectivity index (χ3n) is 9.73. The molecule has 7 unspecified atom stereocenters. The van der Waals surface area contributed by atoms with Gasteiger partial charge in [0.2, 0.25) is 0 Å². The molecule has 6 heteroatoms. The maximum atomic E-state index is 12.4. The number of nitrogens with one attached hydrogen (secondary N) is 1. The van der Waals surface area contributed by atoms with Crippen molar-refractivity contribution in [1.82, 2.24) is 5.32 Å². The van der Waals surface area contributed by atoms with Crippen LogP contribution >= 0.6 is 0 Å². The van der Waals surface area contributed by atoms with E-state index in [-0.39, 0.29) is 18.2 Å². The number of carbonyl (C=O) groups excluding carboxylic acids is 1. The Kier molecular flexibility index (Phi) is 9.04. The standard InChI is InChI=1S/C29H50N4O2/c1-18(2)6-4-7-19(3)26-17-21-16-22(35-29(34)33-15-14-32-28(30)31)11-13-23(21)25-12-10-20-8-5-9-24(20)27(25)26/h17-20,22-27H,4-16H2,1-3H3,(H,33,34)(H4,30,31,32)/t19-,20?,22?,23?,24?,25?,26?,27?/m1/s1. The topological polar surface area (TPSA) is 103 Å². The monoisotopic (exact) mass is 486 g/mol. The van der Waals surface area contributed by atoms with Crippen LogP contribution in [0.3, 0.4) is 0 Å². The van der Waals surface area contributed by atoms with E-state index in [4.69, 9.17) is 16.2 Å². The molecule has 0 radical (unpaired) electrons. The molecular weight excluding hydrogens is 436 g/mol. The normalized spacial score (nSPS) is 34.7. The summed E-state index contributed by atoms with van der Waals surface area (Å²) in [6, 6.07) is 0. The molecule has 0 saturated heterocycles. The van der Waals surface area contributed by atoms with Crippen molar-refractivity contribution in [1.29, 1.82) is 0 Å². The van der Waals surface area contributed by atoms with Gasteiger partial charge < -0.3 is 21.5 Å². The van der Waals surface area contributed by atoms with Gasteiger partial charge in [0, 0.05) is 13.0 Å². The number of hydrogen-bond donors (Lipinski definition) is 3. The molecule has 5 N–H and O–H groups in total. The first-order valence-electron chi connectivity index (χ1n) is 14.5. The van der Waals surface area contributed by atoms with E-state index in [1.165, 1.54) is 57.8 Å². The van der Waals surface area contributed by atoms with Gasteiger partial charge in [0.15, 0.2) is 5.96 Å². The lowest BCUT2D eigenvalue weighted by molar-refractivity contribution is -0.00122. The van der Waals surface area contributed by atoms with Crippen molar-refractivity contribution in [2.24, 2.45) is 63.8 Å². The number of carbonyl (C=O) groups is 1. The van der Waals surface area contributed by atoms with Gasteiger partial charge in [-0.3, -0.25) is 4.99 Å². The Morgan fingerprint density at radius 1 is 1.09 bits per heavy atom. The van der Waals surface area contributed by atoms with Gasteiger partial charge in [0.05, 0.1) is 6.54 Å². The van der Waals surface area contributed by atoms with Crippen LogP contribution in [0.5, 0.6) is 0 Å². The fraction of sp³-hybridized carbons (Fsp3) is 0.862. The van der Waals surface area contributed by atoms with Crippen molar-refractivity contribution in [2.75, 3.05) is 13.1 Å². The molecule has 35 heavy (non-hydrogen) atoms. The molecule has 8 atom stereocenters. The van der Waals surface area contributed by atoms with Gasteiger partial charge in [-0.1, -0.05) is 64.5 Å². The van der Waals surface area contributed by atoms with Crippen LogP contribution in [-0.4, -0.2) is 31.2 Å². The van der Waals surface area contributed by atoms with Crippen LogP contribution < -0.4 is 16.8 Å². The summed E-state index contributed by atoms with van der Waals surface area (Å²) in [5.41, 5.74) is 12.3. The van der Waals surface area contributed by atoms with Crippen molar-refractivity contribution in [3.63, 3.8) is 0 Å².